The van der Waals surface area contributed by atoms with Crippen molar-refractivity contribution in [3.05, 3.63) is 34.1 Å². The Labute approximate surface area is 91.4 Å². The minimum absolute atomic E-state index is 0.0883. The SMILES string of the molecule is CC(C)C(=O)Nc1cc(F)cc([N+](=O)[O-])c1. The molecular weight excluding hydrogens is 215 g/mol. The first-order valence-corrected chi connectivity index (χ1v) is 4.66. The fraction of sp³-hybridized carbons (Fsp3) is 0.300. The third kappa shape index (κ3) is 3.01. The van der Waals surface area contributed by atoms with Crippen LogP contribution >= 0.6 is 0 Å². The van der Waals surface area contributed by atoms with Crippen molar-refractivity contribution in [2.75, 3.05) is 5.32 Å². The minimum atomic E-state index is -0.756. The summed E-state index contributed by atoms with van der Waals surface area (Å²) in [5, 5.41) is 12.8. The zero-order chi connectivity index (χ0) is 12.3. The highest BCUT2D eigenvalue weighted by atomic mass is 19.1. The number of nitro groups is 1. The van der Waals surface area contributed by atoms with Crippen LogP contribution < -0.4 is 5.32 Å². The summed E-state index contributed by atoms with van der Waals surface area (Å²) in [5.74, 6) is -1.35. The van der Waals surface area contributed by atoms with E-state index in [1.165, 1.54) is 0 Å². The lowest BCUT2D eigenvalue weighted by molar-refractivity contribution is -0.385. The molecule has 0 bridgehead atoms. The van der Waals surface area contributed by atoms with E-state index in [-0.39, 0.29) is 23.2 Å². The Morgan fingerprint density at radius 2 is 2.06 bits per heavy atom. The van der Waals surface area contributed by atoms with Crippen LogP contribution in [0, 0.1) is 21.8 Å². The summed E-state index contributed by atoms with van der Waals surface area (Å²) >= 11 is 0. The van der Waals surface area contributed by atoms with Crippen molar-refractivity contribution in [1.29, 1.82) is 0 Å². The molecular formula is C10H11FN2O3. The number of hydrogen-bond acceptors (Lipinski definition) is 3. The lowest BCUT2D eigenvalue weighted by Gasteiger charge is -2.07. The molecule has 0 aliphatic heterocycles. The van der Waals surface area contributed by atoms with Crippen molar-refractivity contribution in [2.45, 2.75) is 13.8 Å². The number of halogens is 1. The van der Waals surface area contributed by atoms with Gasteiger partial charge >= 0.3 is 0 Å². The number of rotatable bonds is 3. The zero-order valence-electron chi connectivity index (χ0n) is 8.86. The summed E-state index contributed by atoms with van der Waals surface area (Å²) < 4.78 is 13.0. The second-order valence-corrected chi connectivity index (χ2v) is 3.60. The number of hydrogen-bond donors (Lipinski definition) is 1. The van der Waals surface area contributed by atoms with Gasteiger partial charge in [-0.3, -0.25) is 14.9 Å². The zero-order valence-corrected chi connectivity index (χ0v) is 8.86. The lowest BCUT2D eigenvalue weighted by Crippen LogP contribution is -2.17. The van der Waals surface area contributed by atoms with E-state index in [1.54, 1.807) is 13.8 Å². The molecule has 1 aromatic carbocycles. The molecule has 1 amide bonds. The summed E-state index contributed by atoms with van der Waals surface area (Å²) in [6.45, 7) is 3.34. The molecule has 1 rings (SSSR count). The van der Waals surface area contributed by atoms with Crippen LogP contribution in [0.3, 0.4) is 0 Å². The molecule has 16 heavy (non-hydrogen) atoms. The molecule has 1 N–H and O–H groups in total. The Kier molecular flexibility index (Phi) is 3.55. The second kappa shape index (κ2) is 4.69. The van der Waals surface area contributed by atoms with Gasteiger partial charge in [-0.1, -0.05) is 13.8 Å². The average molecular weight is 226 g/mol. The van der Waals surface area contributed by atoms with Gasteiger partial charge in [0.1, 0.15) is 5.82 Å². The van der Waals surface area contributed by atoms with Gasteiger partial charge in [0.2, 0.25) is 5.91 Å². The average Bonchev–Trinajstić information content (AvgIpc) is 2.16. The van der Waals surface area contributed by atoms with Crippen molar-refractivity contribution in [3.8, 4) is 0 Å². The van der Waals surface area contributed by atoms with Crippen LogP contribution in [0.5, 0.6) is 0 Å². The number of benzene rings is 1. The van der Waals surface area contributed by atoms with E-state index >= 15 is 0 Å². The second-order valence-electron chi connectivity index (χ2n) is 3.60. The molecule has 0 aliphatic rings. The maximum atomic E-state index is 13.0. The van der Waals surface area contributed by atoms with E-state index in [0.29, 0.717) is 0 Å². The standard InChI is InChI=1S/C10H11FN2O3/c1-6(2)10(14)12-8-3-7(11)4-9(5-8)13(15)16/h3-6H,1-2H3,(H,12,14). The van der Waals surface area contributed by atoms with Gasteiger partial charge in [-0.25, -0.2) is 4.39 Å². The Hall–Kier alpha value is -1.98. The Balaban J connectivity index is 2.97. The third-order valence-corrected chi connectivity index (χ3v) is 1.89. The van der Waals surface area contributed by atoms with Gasteiger partial charge in [0.05, 0.1) is 16.7 Å². The maximum Gasteiger partial charge on any atom is 0.274 e. The van der Waals surface area contributed by atoms with Crippen molar-refractivity contribution < 1.29 is 14.1 Å². The molecule has 0 aliphatic carbocycles. The fourth-order valence-electron chi connectivity index (χ4n) is 1.04. The lowest BCUT2D eigenvalue weighted by atomic mass is 10.2. The van der Waals surface area contributed by atoms with Gasteiger partial charge in [-0.15, -0.1) is 0 Å². The van der Waals surface area contributed by atoms with Gasteiger partial charge in [0.15, 0.2) is 0 Å². The van der Waals surface area contributed by atoms with Gasteiger partial charge in [0.25, 0.3) is 5.69 Å². The molecule has 0 unspecified atom stereocenters. The number of nitrogens with one attached hydrogen (secondary N) is 1. The molecule has 0 aromatic heterocycles. The summed E-state index contributed by atoms with van der Waals surface area (Å²) in [4.78, 5) is 21.0. The van der Waals surface area contributed by atoms with Crippen molar-refractivity contribution in [3.63, 3.8) is 0 Å². The molecule has 0 atom stereocenters. The molecule has 0 heterocycles. The molecule has 0 saturated heterocycles. The number of non-ortho nitro benzene ring substituents is 1. The number of nitro benzene ring substituents is 1. The summed E-state index contributed by atoms with van der Waals surface area (Å²) in [6, 6.07) is 2.95. The highest BCUT2D eigenvalue weighted by Crippen LogP contribution is 2.20. The molecule has 0 radical (unpaired) electrons. The summed E-state index contributed by atoms with van der Waals surface area (Å²) in [5.41, 5.74) is -0.301. The number of amides is 1. The van der Waals surface area contributed by atoms with Crippen LogP contribution in [-0.2, 0) is 4.79 Å². The number of carbonyl (C=O) groups is 1. The van der Waals surface area contributed by atoms with Gasteiger partial charge < -0.3 is 5.32 Å². The van der Waals surface area contributed by atoms with E-state index in [2.05, 4.69) is 5.32 Å². The molecule has 0 saturated carbocycles. The van der Waals surface area contributed by atoms with Gasteiger partial charge in [0, 0.05) is 12.0 Å². The topological polar surface area (TPSA) is 72.2 Å². The number of carbonyl (C=O) groups excluding carboxylic acids is 1. The first kappa shape index (κ1) is 12.1. The first-order valence-electron chi connectivity index (χ1n) is 4.66. The summed E-state index contributed by atoms with van der Waals surface area (Å²) in [7, 11) is 0. The van der Waals surface area contributed by atoms with E-state index in [1.807, 2.05) is 0 Å². The van der Waals surface area contributed by atoms with Gasteiger partial charge in [-0.2, -0.15) is 0 Å². The quantitative estimate of drug-likeness (QED) is 0.635. The van der Waals surface area contributed by atoms with Crippen molar-refractivity contribution >= 4 is 17.3 Å². The Bertz CT molecular complexity index is 432. The molecule has 6 heteroatoms. The van der Waals surface area contributed by atoms with Crippen molar-refractivity contribution in [2.24, 2.45) is 5.92 Å². The smallest absolute Gasteiger partial charge is 0.274 e. The van der Waals surface area contributed by atoms with E-state index in [0.717, 1.165) is 18.2 Å². The number of nitrogens with zero attached hydrogens (tertiary/aromatic N) is 1. The predicted octanol–water partition coefficient (Wildman–Crippen LogP) is 2.33. The van der Waals surface area contributed by atoms with E-state index < -0.39 is 10.7 Å². The Morgan fingerprint density at radius 1 is 1.44 bits per heavy atom. The van der Waals surface area contributed by atoms with Crippen LogP contribution in [0.1, 0.15) is 13.8 Å². The van der Waals surface area contributed by atoms with Crippen LogP contribution in [0.25, 0.3) is 0 Å². The van der Waals surface area contributed by atoms with Crippen molar-refractivity contribution in [1.82, 2.24) is 0 Å². The molecule has 1 aromatic rings. The normalized spacial score (nSPS) is 10.2. The highest BCUT2D eigenvalue weighted by Gasteiger charge is 2.12. The predicted molar refractivity (Wildman–Crippen MR) is 56.5 cm³/mol. The highest BCUT2D eigenvalue weighted by molar-refractivity contribution is 5.92. The van der Waals surface area contributed by atoms with Crippen LogP contribution in [-0.4, -0.2) is 10.8 Å². The maximum absolute atomic E-state index is 13.0. The largest absolute Gasteiger partial charge is 0.326 e. The number of anilines is 1. The fourth-order valence-corrected chi connectivity index (χ4v) is 1.04. The van der Waals surface area contributed by atoms with Gasteiger partial charge in [-0.05, 0) is 6.07 Å². The molecule has 0 fully saturated rings. The van der Waals surface area contributed by atoms with Crippen LogP contribution in [0.15, 0.2) is 18.2 Å². The molecule has 0 spiro atoms. The summed E-state index contributed by atoms with van der Waals surface area (Å²) in [6.07, 6.45) is 0. The monoisotopic (exact) mass is 226 g/mol. The molecule has 86 valence electrons. The minimum Gasteiger partial charge on any atom is -0.326 e. The van der Waals surface area contributed by atoms with Crippen LogP contribution in [0.4, 0.5) is 15.8 Å². The van der Waals surface area contributed by atoms with Crippen LogP contribution in [0.2, 0.25) is 0 Å². The Morgan fingerprint density at radius 3 is 2.56 bits per heavy atom. The first-order chi connectivity index (χ1) is 7.40. The van der Waals surface area contributed by atoms with E-state index in [4.69, 9.17) is 0 Å². The van der Waals surface area contributed by atoms with E-state index in [9.17, 15) is 19.3 Å². The molecule has 5 nitrogen and oxygen atoms in total. The third-order valence-electron chi connectivity index (χ3n) is 1.89.